The van der Waals surface area contributed by atoms with E-state index in [4.69, 9.17) is 9.47 Å². The summed E-state index contributed by atoms with van der Waals surface area (Å²) in [6.45, 7) is 6.19. The van der Waals surface area contributed by atoms with Crippen molar-refractivity contribution in [3.63, 3.8) is 0 Å². The molecule has 0 aliphatic carbocycles. The molecular weight excluding hydrogens is 208 g/mol. The predicted octanol–water partition coefficient (Wildman–Crippen LogP) is 2.23. The molecular formula is C12H20O4. The van der Waals surface area contributed by atoms with Gasteiger partial charge in [0.15, 0.2) is 0 Å². The highest BCUT2D eigenvalue weighted by atomic mass is 16.5. The molecule has 0 aromatic carbocycles. The normalized spacial score (nSPS) is 11.1. The summed E-state index contributed by atoms with van der Waals surface area (Å²) in [4.78, 5) is 22.1. The average Bonchev–Trinajstić information content (AvgIpc) is 2.18. The van der Waals surface area contributed by atoms with E-state index in [0.29, 0.717) is 32.5 Å². The summed E-state index contributed by atoms with van der Waals surface area (Å²) in [7, 11) is 0. The maximum atomic E-state index is 11.1. The average molecular weight is 228 g/mol. The van der Waals surface area contributed by atoms with E-state index < -0.39 is 0 Å². The molecule has 0 amide bonds. The fraction of sp³-hybridized carbons (Fsp3) is 0.667. The van der Waals surface area contributed by atoms with Crippen LogP contribution in [0.2, 0.25) is 0 Å². The third-order valence-electron chi connectivity index (χ3n) is 1.91. The Balaban J connectivity index is 3.76. The Labute approximate surface area is 96.6 Å². The molecule has 4 heteroatoms. The van der Waals surface area contributed by atoms with Gasteiger partial charge in [-0.3, -0.25) is 4.79 Å². The number of ether oxygens (including phenoxy) is 2. The summed E-state index contributed by atoms with van der Waals surface area (Å²) in [5.74, 6) is -0.512. The Hall–Kier alpha value is -1.32. The van der Waals surface area contributed by atoms with Gasteiger partial charge in [-0.15, -0.1) is 0 Å². The van der Waals surface area contributed by atoms with Crippen LogP contribution in [0.3, 0.4) is 0 Å². The number of hydrogen-bond donors (Lipinski definition) is 0. The summed E-state index contributed by atoms with van der Waals surface area (Å²) in [6.07, 6.45) is 3.26. The van der Waals surface area contributed by atoms with Gasteiger partial charge in [-0.2, -0.15) is 0 Å². The monoisotopic (exact) mass is 228 g/mol. The Bertz CT molecular complexity index is 256. The second-order valence-corrected chi connectivity index (χ2v) is 3.40. The van der Waals surface area contributed by atoms with Crippen LogP contribution in [-0.4, -0.2) is 25.2 Å². The van der Waals surface area contributed by atoms with Gasteiger partial charge in [0.25, 0.3) is 0 Å². The zero-order valence-corrected chi connectivity index (χ0v) is 10.2. The van der Waals surface area contributed by atoms with Crippen molar-refractivity contribution in [1.29, 1.82) is 0 Å². The minimum absolute atomic E-state index is 0.188. The first-order chi connectivity index (χ1) is 7.60. The maximum absolute atomic E-state index is 11.1. The zero-order valence-electron chi connectivity index (χ0n) is 10.2. The zero-order chi connectivity index (χ0) is 12.4. The van der Waals surface area contributed by atoms with Gasteiger partial charge in [0.2, 0.25) is 0 Å². The molecule has 0 saturated carbocycles. The van der Waals surface area contributed by atoms with E-state index in [1.165, 1.54) is 6.08 Å². The van der Waals surface area contributed by atoms with Crippen molar-refractivity contribution >= 4 is 11.9 Å². The van der Waals surface area contributed by atoms with Gasteiger partial charge in [0, 0.05) is 12.5 Å². The van der Waals surface area contributed by atoms with E-state index in [0.717, 1.165) is 5.57 Å². The van der Waals surface area contributed by atoms with E-state index in [9.17, 15) is 9.59 Å². The molecule has 0 rings (SSSR count). The molecule has 0 heterocycles. The van der Waals surface area contributed by atoms with Crippen LogP contribution in [0.5, 0.6) is 0 Å². The van der Waals surface area contributed by atoms with E-state index in [1.54, 1.807) is 13.8 Å². The van der Waals surface area contributed by atoms with Gasteiger partial charge in [-0.1, -0.05) is 5.57 Å². The van der Waals surface area contributed by atoms with Crippen LogP contribution >= 0.6 is 0 Å². The summed E-state index contributed by atoms with van der Waals surface area (Å²) < 4.78 is 9.56. The number of carbonyl (C=O) groups is 2. The first-order valence-corrected chi connectivity index (χ1v) is 5.59. The second-order valence-electron chi connectivity index (χ2n) is 3.40. The molecule has 0 bridgehead atoms. The van der Waals surface area contributed by atoms with E-state index >= 15 is 0 Å². The van der Waals surface area contributed by atoms with Crippen LogP contribution < -0.4 is 0 Å². The lowest BCUT2D eigenvalue weighted by Crippen LogP contribution is -2.04. The topological polar surface area (TPSA) is 52.6 Å². The smallest absolute Gasteiger partial charge is 0.330 e. The molecule has 0 atom stereocenters. The molecule has 0 aliphatic heterocycles. The predicted molar refractivity (Wildman–Crippen MR) is 60.9 cm³/mol. The van der Waals surface area contributed by atoms with Crippen molar-refractivity contribution in [1.82, 2.24) is 0 Å². The Morgan fingerprint density at radius 3 is 2.25 bits per heavy atom. The van der Waals surface area contributed by atoms with Crippen molar-refractivity contribution in [2.45, 2.75) is 40.0 Å². The van der Waals surface area contributed by atoms with Crippen LogP contribution in [-0.2, 0) is 19.1 Å². The fourth-order valence-electron chi connectivity index (χ4n) is 1.20. The Kier molecular flexibility index (Phi) is 8.21. The summed E-state index contributed by atoms with van der Waals surface area (Å²) in [6, 6.07) is 0. The Morgan fingerprint density at radius 2 is 1.69 bits per heavy atom. The fourth-order valence-corrected chi connectivity index (χ4v) is 1.20. The number of rotatable bonds is 7. The highest BCUT2D eigenvalue weighted by molar-refractivity contribution is 5.82. The lowest BCUT2D eigenvalue weighted by atomic mass is 10.1. The molecule has 0 aromatic heterocycles. The largest absolute Gasteiger partial charge is 0.466 e. The third-order valence-corrected chi connectivity index (χ3v) is 1.91. The lowest BCUT2D eigenvalue weighted by Gasteiger charge is -2.02. The summed E-state index contributed by atoms with van der Waals surface area (Å²) >= 11 is 0. The van der Waals surface area contributed by atoms with Gasteiger partial charge in [-0.05, 0) is 33.6 Å². The molecule has 0 spiro atoms. The van der Waals surface area contributed by atoms with Gasteiger partial charge in [-0.25, -0.2) is 4.79 Å². The minimum Gasteiger partial charge on any atom is -0.466 e. The van der Waals surface area contributed by atoms with Crippen molar-refractivity contribution < 1.29 is 19.1 Å². The number of esters is 2. The molecule has 0 aromatic rings. The van der Waals surface area contributed by atoms with E-state index in [1.807, 2.05) is 6.92 Å². The van der Waals surface area contributed by atoms with Gasteiger partial charge >= 0.3 is 11.9 Å². The van der Waals surface area contributed by atoms with Crippen molar-refractivity contribution in [2.24, 2.45) is 0 Å². The quantitative estimate of drug-likeness (QED) is 0.495. The van der Waals surface area contributed by atoms with Gasteiger partial charge < -0.3 is 9.47 Å². The van der Waals surface area contributed by atoms with Crippen LogP contribution in [0.25, 0.3) is 0 Å². The highest BCUT2D eigenvalue weighted by Crippen LogP contribution is 2.07. The second kappa shape index (κ2) is 8.95. The number of hydrogen-bond acceptors (Lipinski definition) is 4. The molecule has 0 fully saturated rings. The lowest BCUT2D eigenvalue weighted by molar-refractivity contribution is -0.143. The minimum atomic E-state index is -0.323. The first-order valence-electron chi connectivity index (χ1n) is 5.59. The van der Waals surface area contributed by atoms with Crippen LogP contribution in [0.15, 0.2) is 11.6 Å². The standard InChI is InChI=1S/C12H20O4/c1-4-15-11(13)8-6-7-10(3)9-12(14)16-5-2/h9H,4-8H2,1-3H3/b10-9+. The van der Waals surface area contributed by atoms with Crippen LogP contribution in [0, 0.1) is 0 Å². The van der Waals surface area contributed by atoms with Gasteiger partial charge in [0.1, 0.15) is 0 Å². The van der Waals surface area contributed by atoms with Crippen molar-refractivity contribution in [3.05, 3.63) is 11.6 Å². The van der Waals surface area contributed by atoms with E-state index in [-0.39, 0.29) is 11.9 Å². The summed E-state index contributed by atoms with van der Waals surface area (Å²) in [5, 5.41) is 0. The molecule has 92 valence electrons. The molecule has 0 N–H and O–H groups in total. The SMILES string of the molecule is CCOC(=O)/C=C(\C)CCCC(=O)OCC. The number of allylic oxidation sites excluding steroid dienone is 1. The molecule has 0 aliphatic rings. The molecule has 0 saturated heterocycles. The van der Waals surface area contributed by atoms with Crippen molar-refractivity contribution in [2.75, 3.05) is 13.2 Å². The van der Waals surface area contributed by atoms with Crippen LogP contribution in [0.4, 0.5) is 0 Å². The number of carbonyl (C=O) groups excluding carboxylic acids is 2. The molecule has 16 heavy (non-hydrogen) atoms. The Morgan fingerprint density at radius 1 is 1.06 bits per heavy atom. The van der Waals surface area contributed by atoms with E-state index in [2.05, 4.69) is 0 Å². The third kappa shape index (κ3) is 8.03. The maximum Gasteiger partial charge on any atom is 0.330 e. The molecule has 0 radical (unpaired) electrons. The molecule has 4 nitrogen and oxygen atoms in total. The highest BCUT2D eigenvalue weighted by Gasteiger charge is 2.02. The molecule has 0 unspecified atom stereocenters. The summed E-state index contributed by atoms with van der Waals surface area (Å²) in [5.41, 5.74) is 0.919. The van der Waals surface area contributed by atoms with Crippen molar-refractivity contribution in [3.8, 4) is 0 Å². The van der Waals surface area contributed by atoms with Crippen LogP contribution in [0.1, 0.15) is 40.0 Å². The van der Waals surface area contributed by atoms with Gasteiger partial charge in [0.05, 0.1) is 13.2 Å². The first kappa shape index (κ1) is 14.7.